The van der Waals surface area contributed by atoms with Crippen molar-refractivity contribution in [3.05, 3.63) is 60.4 Å². The van der Waals surface area contributed by atoms with Crippen LogP contribution in [0.4, 0.5) is 6.01 Å². The van der Waals surface area contributed by atoms with E-state index in [4.69, 9.17) is 33.2 Å². The minimum atomic E-state index is -1.000. The zero-order valence-corrected chi connectivity index (χ0v) is 21.9. The van der Waals surface area contributed by atoms with Gasteiger partial charge in [0.15, 0.2) is 5.58 Å². The Morgan fingerprint density at radius 1 is 0.925 bits per heavy atom. The number of aromatic nitrogens is 4. The number of carboxylic acids is 1. The van der Waals surface area contributed by atoms with Crippen LogP contribution in [0.5, 0.6) is 11.5 Å². The van der Waals surface area contributed by atoms with Gasteiger partial charge >= 0.3 is 5.97 Å². The average molecular weight is 554 g/mol. The summed E-state index contributed by atoms with van der Waals surface area (Å²) < 4.78 is 35.3. The molecule has 0 aliphatic carbocycles. The van der Waals surface area contributed by atoms with Crippen molar-refractivity contribution in [1.29, 1.82) is 0 Å². The van der Waals surface area contributed by atoms with Crippen LogP contribution in [0, 0.1) is 0 Å². The van der Waals surface area contributed by atoms with Gasteiger partial charge in [0, 0.05) is 31.5 Å². The second-order valence-corrected chi connectivity index (χ2v) is 8.88. The van der Waals surface area contributed by atoms with Crippen molar-refractivity contribution in [2.45, 2.75) is 19.7 Å². The van der Waals surface area contributed by atoms with E-state index in [1.54, 1.807) is 6.20 Å². The third-order valence-corrected chi connectivity index (χ3v) is 6.01. The van der Waals surface area contributed by atoms with Gasteiger partial charge in [0.25, 0.3) is 6.01 Å². The van der Waals surface area contributed by atoms with E-state index in [1.807, 2.05) is 42.7 Å². The fraction of sp³-hybridized carbons (Fsp3) is 0.407. The second-order valence-electron chi connectivity index (χ2n) is 8.88. The zero-order valence-electron chi connectivity index (χ0n) is 21.9. The maximum atomic E-state index is 10.3. The number of carboxylic acid groups (broad SMARTS) is 1. The summed E-state index contributed by atoms with van der Waals surface area (Å²) >= 11 is 0. The Kier molecular flexibility index (Phi) is 9.40. The summed E-state index contributed by atoms with van der Waals surface area (Å²) in [6.07, 6.45) is 5.45. The number of ether oxygens (including phenoxy) is 5. The summed E-state index contributed by atoms with van der Waals surface area (Å²) in [6, 6.07) is 9.85. The number of benzene rings is 1. The van der Waals surface area contributed by atoms with Gasteiger partial charge in [-0.1, -0.05) is 0 Å². The lowest BCUT2D eigenvalue weighted by Gasteiger charge is -2.25. The topological polar surface area (TPSA) is 143 Å². The number of carbonyl (C=O) groups is 1. The van der Waals surface area contributed by atoms with E-state index < -0.39 is 5.97 Å². The number of anilines is 1. The Balaban J connectivity index is 0.990. The van der Waals surface area contributed by atoms with Crippen molar-refractivity contribution < 1.29 is 38.0 Å². The number of hydrogen-bond donors (Lipinski definition) is 1. The maximum Gasteiger partial charge on any atom is 0.329 e. The van der Waals surface area contributed by atoms with Crippen molar-refractivity contribution in [3.8, 4) is 11.5 Å². The fourth-order valence-corrected chi connectivity index (χ4v) is 4.01. The number of pyridine rings is 1. The summed E-state index contributed by atoms with van der Waals surface area (Å²) in [6.45, 7) is 4.41. The van der Waals surface area contributed by atoms with E-state index in [2.05, 4.69) is 24.4 Å². The van der Waals surface area contributed by atoms with Crippen LogP contribution in [0.15, 0.2) is 53.3 Å². The maximum absolute atomic E-state index is 10.3. The Morgan fingerprint density at radius 3 is 2.52 bits per heavy atom. The zero-order chi connectivity index (χ0) is 27.6. The quantitative estimate of drug-likeness (QED) is 0.204. The molecule has 40 heavy (non-hydrogen) atoms. The third kappa shape index (κ3) is 7.68. The molecule has 0 spiro atoms. The van der Waals surface area contributed by atoms with E-state index in [0.717, 1.165) is 30.1 Å². The molecule has 5 rings (SSSR count). The molecular formula is C27H31N5O8. The predicted octanol–water partition coefficient (Wildman–Crippen LogP) is 2.53. The summed E-state index contributed by atoms with van der Waals surface area (Å²) in [5, 5.41) is 8.46. The first-order chi connectivity index (χ1) is 19.6. The fourth-order valence-electron chi connectivity index (χ4n) is 4.01. The standard InChI is InChI=1S/C27H31N5O8/c33-26(34)19-37-12-11-35-9-10-36-13-14-38-22-2-1-20(29-16-22)18-39-21-3-4-24-23(15-21)30-27(40-24)32-8-7-31-6-5-28-25(31)17-32/h1-6,15-16H,7-14,17-19H2,(H,33,34). The van der Waals surface area contributed by atoms with Gasteiger partial charge < -0.3 is 42.7 Å². The summed E-state index contributed by atoms with van der Waals surface area (Å²) in [4.78, 5) is 25.9. The Labute approximate surface area is 230 Å². The van der Waals surface area contributed by atoms with Crippen LogP contribution < -0.4 is 14.4 Å². The first-order valence-corrected chi connectivity index (χ1v) is 12.9. The highest BCUT2D eigenvalue weighted by Crippen LogP contribution is 2.28. The van der Waals surface area contributed by atoms with Crippen molar-refractivity contribution in [2.24, 2.45) is 0 Å². The molecule has 1 aromatic carbocycles. The monoisotopic (exact) mass is 553 g/mol. The van der Waals surface area contributed by atoms with Crippen molar-refractivity contribution >= 4 is 23.1 Å². The normalized spacial score (nSPS) is 12.9. The van der Waals surface area contributed by atoms with Gasteiger partial charge in [-0.05, 0) is 24.3 Å². The van der Waals surface area contributed by atoms with Gasteiger partial charge in [0.05, 0.1) is 51.5 Å². The second kappa shape index (κ2) is 13.7. The lowest BCUT2D eigenvalue weighted by Crippen LogP contribution is -2.33. The van der Waals surface area contributed by atoms with Gasteiger partial charge in [-0.3, -0.25) is 4.98 Å². The average Bonchev–Trinajstić information content (AvgIpc) is 3.61. The lowest BCUT2D eigenvalue weighted by molar-refractivity contribution is -0.142. The third-order valence-electron chi connectivity index (χ3n) is 6.01. The number of aliphatic carboxylic acids is 1. The van der Waals surface area contributed by atoms with E-state index in [0.29, 0.717) is 69.3 Å². The van der Waals surface area contributed by atoms with Gasteiger partial charge in [0.1, 0.15) is 42.7 Å². The first-order valence-electron chi connectivity index (χ1n) is 12.9. The molecule has 13 heteroatoms. The van der Waals surface area contributed by atoms with E-state index in [9.17, 15) is 4.79 Å². The lowest BCUT2D eigenvalue weighted by atomic mass is 10.3. The smallest absolute Gasteiger partial charge is 0.329 e. The molecule has 0 bridgehead atoms. The van der Waals surface area contributed by atoms with Gasteiger partial charge in [0.2, 0.25) is 0 Å². The number of imidazole rings is 1. The largest absolute Gasteiger partial charge is 0.490 e. The number of hydrogen-bond acceptors (Lipinski definition) is 11. The Bertz CT molecular complexity index is 1370. The van der Waals surface area contributed by atoms with Crippen molar-refractivity contribution in [1.82, 2.24) is 19.5 Å². The molecule has 13 nitrogen and oxygen atoms in total. The minimum Gasteiger partial charge on any atom is -0.490 e. The van der Waals surface area contributed by atoms with Crippen LogP contribution in [0.2, 0.25) is 0 Å². The molecule has 3 aromatic heterocycles. The molecule has 0 saturated heterocycles. The van der Waals surface area contributed by atoms with Crippen LogP contribution in [-0.2, 0) is 38.7 Å². The SMILES string of the molecule is O=C(O)COCCOCCOCCOc1ccc(COc2ccc3oc(N4CCn5ccnc5C4)nc3c2)nc1. The van der Waals surface area contributed by atoms with Crippen LogP contribution in [0.1, 0.15) is 11.5 Å². The molecule has 1 aliphatic heterocycles. The molecule has 0 unspecified atom stereocenters. The van der Waals surface area contributed by atoms with Crippen LogP contribution >= 0.6 is 0 Å². The van der Waals surface area contributed by atoms with E-state index >= 15 is 0 Å². The molecule has 4 heterocycles. The minimum absolute atomic E-state index is 0.231. The van der Waals surface area contributed by atoms with Crippen molar-refractivity contribution in [3.63, 3.8) is 0 Å². The molecule has 212 valence electrons. The van der Waals surface area contributed by atoms with Gasteiger partial charge in [-0.2, -0.15) is 4.98 Å². The van der Waals surface area contributed by atoms with Gasteiger partial charge in [-0.25, -0.2) is 9.78 Å². The summed E-state index contributed by atoms with van der Waals surface area (Å²) in [5.41, 5.74) is 2.20. The van der Waals surface area contributed by atoms with E-state index in [-0.39, 0.29) is 13.2 Å². The molecule has 0 amide bonds. The highest BCUT2D eigenvalue weighted by Gasteiger charge is 2.21. The Morgan fingerprint density at radius 2 is 1.73 bits per heavy atom. The molecule has 0 radical (unpaired) electrons. The van der Waals surface area contributed by atoms with Crippen molar-refractivity contribution in [2.75, 3.05) is 57.7 Å². The molecule has 0 atom stereocenters. The molecular weight excluding hydrogens is 522 g/mol. The summed E-state index contributed by atoms with van der Waals surface area (Å²) in [7, 11) is 0. The molecule has 1 aliphatic rings. The molecule has 0 saturated carbocycles. The van der Waals surface area contributed by atoms with Crippen LogP contribution in [-0.4, -0.2) is 83.4 Å². The Hall–Kier alpha value is -4.20. The number of oxazole rings is 1. The predicted molar refractivity (Wildman–Crippen MR) is 141 cm³/mol. The highest BCUT2D eigenvalue weighted by atomic mass is 16.6. The molecule has 0 fully saturated rings. The number of rotatable bonds is 16. The highest BCUT2D eigenvalue weighted by molar-refractivity contribution is 5.76. The molecule has 4 aromatic rings. The van der Waals surface area contributed by atoms with Gasteiger partial charge in [-0.15, -0.1) is 0 Å². The summed E-state index contributed by atoms with van der Waals surface area (Å²) in [5.74, 6) is 1.31. The van der Waals surface area contributed by atoms with Crippen LogP contribution in [0.3, 0.4) is 0 Å². The number of fused-ring (bicyclic) bond motifs is 2. The van der Waals surface area contributed by atoms with E-state index in [1.165, 1.54) is 0 Å². The van der Waals surface area contributed by atoms with Crippen LogP contribution in [0.25, 0.3) is 11.1 Å². The molecule has 1 N–H and O–H groups in total. The first kappa shape index (κ1) is 27.4. The number of nitrogens with zero attached hydrogens (tertiary/aromatic N) is 5.